The molecule has 0 N–H and O–H groups in total. The SMILES string of the molecule is c1ccc2c(c1)-c1ccccc1C21c2ccccc2-c2c(-c3ccc(-c4cc5c(oc6cccc(N(c7ccc8ccccc8c7)c7ccc8ccccc8c7)c65)c5ccccc45)cc3)cccc21. The third-order valence-corrected chi connectivity index (χ3v) is 15.2. The molecule has 1 spiro atoms. The van der Waals surface area contributed by atoms with Crippen LogP contribution in [0.25, 0.3) is 98.8 Å². The second-order valence-electron chi connectivity index (χ2n) is 18.7. The molecule has 2 aliphatic carbocycles. The van der Waals surface area contributed by atoms with Gasteiger partial charge in [0.25, 0.3) is 0 Å². The van der Waals surface area contributed by atoms with Crippen molar-refractivity contribution in [1.82, 2.24) is 0 Å². The Bertz CT molecular complexity index is 4140. The van der Waals surface area contributed by atoms with E-state index >= 15 is 0 Å². The van der Waals surface area contributed by atoms with Crippen LogP contribution in [0.1, 0.15) is 22.3 Å². The van der Waals surface area contributed by atoms with Gasteiger partial charge in [-0.25, -0.2) is 0 Å². The Morgan fingerprint density at radius 2 is 0.812 bits per heavy atom. The molecule has 0 saturated carbocycles. The summed E-state index contributed by atoms with van der Waals surface area (Å²) < 4.78 is 6.96. The van der Waals surface area contributed by atoms with Crippen molar-refractivity contribution in [3.8, 4) is 44.5 Å². The lowest BCUT2D eigenvalue weighted by Gasteiger charge is -2.30. The van der Waals surface area contributed by atoms with Gasteiger partial charge in [0, 0.05) is 22.1 Å². The van der Waals surface area contributed by atoms with Crippen LogP contribution in [-0.2, 0) is 5.41 Å². The standard InChI is InChI=1S/C67H41NO/c1-3-17-46-39-48(37-35-42(46)15-1)68(49-38-36-43-16-2-4-18-47(43)40-49)62-29-14-30-63-65(62)57-41-56(51-19-5-6-22-54(51)66(57)69-63)45-33-31-44(32-34-45)50-24-13-28-61-64(50)55-23-9-12-27-60(55)67(61)58-25-10-7-20-52(58)53-21-8-11-26-59(53)67/h1-41H. The summed E-state index contributed by atoms with van der Waals surface area (Å²) in [6.07, 6.45) is 0. The molecule has 15 rings (SSSR count). The van der Waals surface area contributed by atoms with Crippen molar-refractivity contribution < 1.29 is 4.42 Å². The summed E-state index contributed by atoms with van der Waals surface area (Å²) in [6.45, 7) is 0. The molecule has 0 bridgehead atoms. The first-order valence-electron chi connectivity index (χ1n) is 23.9. The number of nitrogens with zero attached hydrogens (tertiary/aromatic N) is 1. The smallest absolute Gasteiger partial charge is 0.143 e. The molecule has 0 radical (unpaired) electrons. The van der Waals surface area contributed by atoms with Gasteiger partial charge in [-0.15, -0.1) is 0 Å². The molecule has 12 aromatic carbocycles. The first kappa shape index (κ1) is 38.2. The van der Waals surface area contributed by atoms with E-state index in [-0.39, 0.29) is 5.41 Å². The van der Waals surface area contributed by atoms with Crippen LogP contribution in [0.2, 0.25) is 0 Å². The molecule has 1 aromatic heterocycles. The quantitative estimate of drug-likeness (QED) is 0.171. The van der Waals surface area contributed by atoms with Crippen LogP contribution in [0.4, 0.5) is 17.1 Å². The van der Waals surface area contributed by atoms with E-state index in [1.807, 2.05) is 0 Å². The number of fused-ring (bicyclic) bond motifs is 17. The molecule has 0 unspecified atom stereocenters. The van der Waals surface area contributed by atoms with Crippen molar-refractivity contribution in [3.63, 3.8) is 0 Å². The highest BCUT2D eigenvalue weighted by Gasteiger charge is 2.52. The molecule has 1 heterocycles. The predicted molar refractivity (Wildman–Crippen MR) is 288 cm³/mol. The Labute approximate surface area is 399 Å². The predicted octanol–water partition coefficient (Wildman–Crippen LogP) is 18.2. The van der Waals surface area contributed by atoms with Crippen LogP contribution in [-0.4, -0.2) is 0 Å². The molecule has 0 aliphatic heterocycles. The van der Waals surface area contributed by atoms with Crippen molar-refractivity contribution in [2.45, 2.75) is 5.41 Å². The van der Waals surface area contributed by atoms with Crippen molar-refractivity contribution in [1.29, 1.82) is 0 Å². The Kier molecular flexibility index (Phi) is 8.02. The summed E-state index contributed by atoms with van der Waals surface area (Å²) >= 11 is 0. The van der Waals surface area contributed by atoms with Crippen LogP contribution in [0, 0.1) is 0 Å². The van der Waals surface area contributed by atoms with Gasteiger partial charge >= 0.3 is 0 Å². The molecule has 0 amide bonds. The van der Waals surface area contributed by atoms with E-state index in [0.29, 0.717) is 0 Å². The van der Waals surface area contributed by atoms with Gasteiger partial charge < -0.3 is 9.32 Å². The maximum absolute atomic E-state index is 6.96. The van der Waals surface area contributed by atoms with Crippen LogP contribution in [0.15, 0.2) is 253 Å². The molecule has 320 valence electrons. The maximum Gasteiger partial charge on any atom is 0.143 e. The zero-order valence-electron chi connectivity index (χ0n) is 37.5. The highest BCUT2D eigenvalue weighted by atomic mass is 16.3. The molecule has 2 heteroatoms. The molecule has 0 atom stereocenters. The number of hydrogen-bond donors (Lipinski definition) is 0. The Balaban J connectivity index is 0.912. The van der Waals surface area contributed by atoms with Gasteiger partial charge in [-0.3, -0.25) is 0 Å². The first-order valence-corrected chi connectivity index (χ1v) is 23.9. The third-order valence-electron chi connectivity index (χ3n) is 15.2. The summed E-state index contributed by atoms with van der Waals surface area (Å²) in [5, 5.41) is 9.24. The minimum Gasteiger partial charge on any atom is -0.455 e. The molecule has 2 aliphatic rings. The fourth-order valence-corrected chi connectivity index (χ4v) is 12.3. The molecular formula is C67H41NO. The summed E-state index contributed by atoms with van der Waals surface area (Å²) in [5.41, 5.74) is 20.1. The van der Waals surface area contributed by atoms with Crippen LogP contribution >= 0.6 is 0 Å². The van der Waals surface area contributed by atoms with Gasteiger partial charge in [-0.2, -0.15) is 0 Å². The van der Waals surface area contributed by atoms with E-state index in [2.05, 4.69) is 254 Å². The van der Waals surface area contributed by atoms with Crippen LogP contribution in [0.3, 0.4) is 0 Å². The molecule has 2 nitrogen and oxygen atoms in total. The second kappa shape index (κ2) is 14.5. The molecule has 13 aromatic rings. The topological polar surface area (TPSA) is 16.4 Å². The minimum atomic E-state index is -0.381. The van der Waals surface area contributed by atoms with E-state index in [9.17, 15) is 0 Å². The van der Waals surface area contributed by atoms with E-state index in [1.54, 1.807) is 0 Å². The van der Waals surface area contributed by atoms with Crippen molar-refractivity contribution in [2.75, 3.05) is 4.90 Å². The van der Waals surface area contributed by atoms with Crippen molar-refractivity contribution in [3.05, 3.63) is 271 Å². The summed E-state index contributed by atoms with van der Waals surface area (Å²) in [7, 11) is 0. The van der Waals surface area contributed by atoms with Crippen molar-refractivity contribution in [2.24, 2.45) is 0 Å². The second-order valence-corrected chi connectivity index (χ2v) is 18.7. The molecule has 0 fully saturated rings. The van der Waals surface area contributed by atoms with E-state index in [1.165, 1.54) is 82.7 Å². The highest BCUT2D eigenvalue weighted by molar-refractivity contribution is 6.23. The van der Waals surface area contributed by atoms with E-state index < -0.39 is 0 Å². The molecule has 0 saturated heterocycles. The zero-order valence-corrected chi connectivity index (χ0v) is 37.5. The number of furan rings is 1. The first-order chi connectivity index (χ1) is 34.2. The third kappa shape index (κ3) is 5.37. The van der Waals surface area contributed by atoms with Gasteiger partial charge in [0.15, 0.2) is 0 Å². The van der Waals surface area contributed by atoms with Gasteiger partial charge in [0.1, 0.15) is 11.2 Å². The van der Waals surface area contributed by atoms with Gasteiger partial charge in [-0.05, 0) is 136 Å². The Hall–Kier alpha value is -8.98. The molecular weight excluding hydrogens is 835 g/mol. The van der Waals surface area contributed by atoms with E-state index in [4.69, 9.17) is 4.42 Å². The summed E-state index contributed by atoms with van der Waals surface area (Å²) in [4.78, 5) is 2.41. The lowest BCUT2D eigenvalue weighted by atomic mass is 9.70. The number of benzene rings is 12. The van der Waals surface area contributed by atoms with Crippen LogP contribution < -0.4 is 4.90 Å². The average Bonchev–Trinajstić information content (AvgIpc) is 4.06. The fraction of sp³-hybridized carbons (Fsp3) is 0.0149. The number of rotatable bonds is 5. The van der Waals surface area contributed by atoms with Gasteiger partial charge in [0.05, 0.1) is 16.5 Å². The zero-order chi connectivity index (χ0) is 45.2. The van der Waals surface area contributed by atoms with Crippen molar-refractivity contribution >= 4 is 71.3 Å². The van der Waals surface area contributed by atoms with E-state index in [0.717, 1.165) is 55.3 Å². The summed E-state index contributed by atoms with van der Waals surface area (Å²) in [6, 6.07) is 91.7. The van der Waals surface area contributed by atoms with Crippen LogP contribution in [0.5, 0.6) is 0 Å². The fourth-order valence-electron chi connectivity index (χ4n) is 12.3. The van der Waals surface area contributed by atoms with Gasteiger partial charge in [0.2, 0.25) is 0 Å². The maximum atomic E-state index is 6.96. The molecule has 69 heavy (non-hydrogen) atoms. The number of hydrogen-bond acceptors (Lipinski definition) is 2. The summed E-state index contributed by atoms with van der Waals surface area (Å²) in [5.74, 6) is 0. The Morgan fingerprint density at radius 1 is 0.319 bits per heavy atom. The van der Waals surface area contributed by atoms with Gasteiger partial charge in [-0.1, -0.05) is 206 Å². The highest BCUT2D eigenvalue weighted by Crippen LogP contribution is 2.64. The number of anilines is 3. The lowest BCUT2D eigenvalue weighted by Crippen LogP contribution is -2.25. The minimum absolute atomic E-state index is 0.381. The Morgan fingerprint density at radius 3 is 1.46 bits per heavy atom. The monoisotopic (exact) mass is 875 g/mol. The normalized spacial score (nSPS) is 13.0. The average molecular weight is 876 g/mol. The lowest BCUT2D eigenvalue weighted by molar-refractivity contribution is 0.672. The largest absolute Gasteiger partial charge is 0.455 e.